The molecule has 0 aliphatic carbocycles. The Labute approximate surface area is 122 Å². The van der Waals surface area contributed by atoms with Crippen molar-refractivity contribution < 1.29 is 13.2 Å². The number of nitrogens with zero attached hydrogens (tertiary/aromatic N) is 1. The number of hydrogen-bond donors (Lipinski definition) is 1. The van der Waals surface area contributed by atoms with Crippen LogP contribution in [-0.4, -0.2) is 31.0 Å². The van der Waals surface area contributed by atoms with E-state index in [0.717, 1.165) is 0 Å². The fourth-order valence-corrected chi connectivity index (χ4v) is 2.60. The van der Waals surface area contributed by atoms with Crippen molar-refractivity contribution >= 4 is 11.6 Å². The monoisotopic (exact) mass is 308 g/mol. The fraction of sp³-hybridized carbons (Fsp3) is 0.571. The van der Waals surface area contributed by atoms with Crippen molar-refractivity contribution in [3.8, 4) is 0 Å². The van der Waals surface area contributed by atoms with Crippen LogP contribution in [0, 0.1) is 11.7 Å². The predicted molar refractivity (Wildman–Crippen MR) is 75.6 cm³/mol. The van der Waals surface area contributed by atoms with E-state index in [-0.39, 0.29) is 24.0 Å². The van der Waals surface area contributed by atoms with Crippen LogP contribution in [0.3, 0.4) is 0 Å². The first kappa shape index (κ1) is 17.3. The minimum atomic E-state index is -2.50. The van der Waals surface area contributed by atoms with Gasteiger partial charge in [-0.1, -0.05) is 37.6 Å². The summed E-state index contributed by atoms with van der Waals surface area (Å²) in [6.45, 7) is 3.79. The molecule has 0 saturated heterocycles. The smallest absolute Gasteiger partial charge is 0.251 e. The second-order valence-electron chi connectivity index (χ2n) is 5.01. The SMILES string of the molecule is CC(C)C(c1cccc(Cl)c1F)N(CCN)CC(F)F. The summed E-state index contributed by atoms with van der Waals surface area (Å²) in [7, 11) is 0. The Hall–Kier alpha value is -0.780. The molecule has 0 heterocycles. The molecule has 0 radical (unpaired) electrons. The van der Waals surface area contributed by atoms with Crippen molar-refractivity contribution in [1.82, 2.24) is 4.90 Å². The molecule has 1 aromatic rings. The van der Waals surface area contributed by atoms with Gasteiger partial charge in [-0.2, -0.15) is 0 Å². The van der Waals surface area contributed by atoms with E-state index in [1.807, 2.05) is 13.8 Å². The quantitative estimate of drug-likeness (QED) is 0.832. The third-order valence-electron chi connectivity index (χ3n) is 3.11. The lowest BCUT2D eigenvalue weighted by Gasteiger charge is -2.34. The van der Waals surface area contributed by atoms with Crippen LogP contribution in [0.2, 0.25) is 5.02 Å². The van der Waals surface area contributed by atoms with Gasteiger partial charge in [-0.05, 0) is 12.0 Å². The number of rotatable bonds is 7. The molecule has 0 aliphatic heterocycles. The number of hydrogen-bond acceptors (Lipinski definition) is 2. The Morgan fingerprint density at radius 3 is 2.45 bits per heavy atom. The van der Waals surface area contributed by atoms with Gasteiger partial charge in [-0.3, -0.25) is 4.90 Å². The van der Waals surface area contributed by atoms with Gasteiger partial charge in [0.1, 0.15) is 5.82 Å². The topological polar surface area (TPSA) is 29.3 Å². The average Bonchev–Trinajstić information content (AvgIpc) is 2.34. The van der Waals surface area contributed by atoms with Crippen molar-refractivity contribution in [2.45, 2.75) is 26.3 Å². The Bertz CT molecular complexity index is 427. The maximum Gasteiger partial charge on any atom is 0.251 e. The minimum absolute atomic E-state index is 0.00195. The summed E-state index contributed by atoms with van der Waals surface area (Å²) in [6.07, 6.45) is -2.50. The Balaban J connectivity index is 3.16. The van der Waals surface area contributed by atoms with Gasteiger partial charge < -0.3 is 5.73 Å². The molecule has 0 bridgehead atoms. The Morgan fingerprint density at radius 1 is 1.30 bits per heavy atom. The molecule has 114 valence electrons. The molecule has 2 nitrogen and oxygen atoms in total. The first-order valence-electron chi connectivity index (χ1n) is 6.54. The number of halogens is 4. The first-order chi connectivity index (χ1) is 9.38. The van der Waals surface area contributed by atoms with E-state index in [1.165, 1.54) is 11.0 Å². The van der Waals surface area contributed by atoms with Gasteiger partial charge in [-0.15, -0.1) is 0 Å². The van der Waals surface area contributed by atoms with Gasteiger partial charge in [-0.25, -0.2) is 13.2 Å². The van der Waals surface area contributed by atoms with Crippen molar-refractivity contribution in [2.24, 2.45) is 11.7 Å². The third-order valence-corrected chi connectivity index (χ3v) is 3.41. The second kappa shape index (κ2) is 7.86. The molecule has 1 atom stereocenters. The van der Waals surface area contributed by atoms with E-state index in [2.05, 4.69) is 0 Å². The molecule has 20 heavy (non-hydrogen) atoms. The highest BCUT2D eigenvalue weighted by Gasteiger charge is 2.28. The van der Waals surface area contributed by atoms with Crippen LogP contribution in [0.25, 0.3) is 0 Å². The second-order valence-corrected chi connectivity index (χ2v) is 5.41. The van der Waals surface area contributed by atoms with Gasteiger partial charge in [0.25, 0.3) is 6.43 Å². The lowest BCUT2D eigenvalue weighted by molar-refractivity contribution is 0.0526. The first-order valence-corrected chi connectivity index (χ1v) is 6.92. The number of nitrogens with two attached hydrogens (primary N) is 1. The Kier molecular flexibility index (Phi) is 6.79. The normalized spacial score (nSPS) is 13.5. The van der Waals surface area contributed by atoms with Crippen molar-refractivity contribution in [1.29, 1.82) is 0 Å². The largest absolute Gasteiger partial charge is 0.329 e. The van der Waals surface area contributed by atoms with Crippen LogP contribution in [0.5, 0.6) is 0 Å². The third kappa shape index (κ3) is 4.36. The zero-order valence-corrected chi connectivity index (χ0v) is 12.4. The van der Waals surface area contributed by atoms with Gasteiger partial charge in [0, 0.05) is 24.7 Å². The molecule has 0 aliphatic rings. The number of benzene rings is 1. The molecular weight excluding hydrogens is 289 g/mol. The van der Waals surface area contributed by atoms with Gasteiger partial charge in [0.2, 0.25) is 0 Å². The highest BCUT2D eigenvalue weighted by Crippen LogP contribution is 2.33. The molecular formula is C14H20ClF3N2. The van der Waals surface area contributed by atoms with E-state index in [1.54, 1.807) is 12.1 Å². The molecule has 0 amide bonds. The molecule has 2 N–H and O–H groups in total. The summed E-state index contributed by atoms with van der Waals surface area (Å²) in [6, 6.07) is 4.17. The van der Waals surface area contributed by atoms with Crippen LogP contribution in [0.15, 0.2) is 18.2 Å². The predicted octanol–water partition coefficient (Wildman–Crippen LogP) is 3.70. The van der Waals surface area contributed by atoms with E-state index in [9.17, 15) is 13.2 Å². The molecule has 0 saturated carbocycles. The molecule has 0 aromatic heterocycles. The fourth-order valence-electron chi connectivity index (χ4n) is 2.41. The molecule has 1 aromatic carbocycles. The van der Waals surface area contributed by atoms with Gasteiger partial charge in [0.05, 0.1) is 11.6 Å². The van der Waals surface area contributed by atoms with Crippen LogP contribution in [-0.2, 0) is 0 Å². The lowest BCUT2D eigenvalue weighted by atomic mass is 9.93. The minimum Gasteiger partial charge on any atom is -0.329 e. The lowest BCUT2D eigenvalue weighted by Crippen LogP contribution is -2.39. The summed E-state index contributed by atoms with van der Waals surface area (Å²) >= 11 is 5.78. The van der Waals surface area contributed by atoms with Crippen molar-refractivity contribution in [3.63, 3.8) is 0 Å². The van der Waals surface area contributed by atoms with Crippen LogP contribution in [0.1, 0.15) is 25.5 Å². The van der Waals surface area contributed by atoms with Gasteiger partial charge >= 0.3 is 0 Å². The summed E-state index contributed by atoms with van der Waals surface area (Å²) < 4.78 is 39.6. The van der Waals surface area contributed by atoms with E-state index in [0.29, 0.717) is 5.56 Å². The van der Waals surface area contributed by atoms with Crippen molar-refractivity contribution in [3.05, 3.63) is 34.6 Å². The van der Waals surface area contributed by atoms with Crippen LogP contribution >= 0.6 is 11.6 Å². The molecule has 1 unspecified atom stereocenters. The van der Waals surface area contributed by atoms with Crippen LogP contribution < -0.4 is 5.73 Å². The zero-order chi connectivity index (χ0) is 15.3. The highest BCUT2D eigenvalue weighted by atomic mass is 35.5. The van der Waals surface area contributed by atoms with Crippen molar-refractivity contribution in [2.75, 3.05) is 19.6 Å². The van der Waals surface area contributed by atoms with E-state index in [4.69, 9.17) is 17.3 Å². The molecule has 1 rings (SSSR count). The van der Waals surface area contributed by atoms with Crippen LogP contribution in [0.4, 0.5) is 13.2 Å². The van der Waals surface area contributed by atoms with Gasteiger partial charge in [0.15, 0.2) is 0 Å². The Morgan fingerprint density at radius 2 is 1.95 bits per heavy atom. The summed E-state index contributed by atoms with van der Waals surface area (Å²) in [5.41, 5.74) is 5.82. The summed E-state index contributed by atoms with van der Waals surface area (Å²) in [5.74, 6) is -0.600. The molecule has 0 fully saturated rings. The average molecular weight is 309 g/mol. The summed E-state index contributed by atoms with van der Waals surface area (Å²) in [5, 5.41) is -0.00195. The highest BCUT2D eigenvalue weighted by molar-refractivity contribution is 6.30. The molecule has 6 heteroatoms. The standard InChI is InChI=1S/C14H20ClF3N2/c1-9(2)14(20(7-6-19)8-12(16)17)10-4-3-5-11(15)13(10)18/h3-5,9,12,14H,6-8,19H2,1-2H3. The maximum atomic E-state index is 14.2. The maximum absolute atomic E-state index is 14.2. The van der Waals surface area contributed by atoms with E-state index >= 15 is 0 Å². The summed E-state index contributed by atoms with van der Waals surface area (Å²) in [4.78, 5) is 1.52. The van der Waals surface area contributed by atoms with E-state index < -0.39 is 24.8 Å². The number of alkyl halides is 2. The molecule has 0 spiro atoms. The zero-order valence-electron chi connectivity index (χ0n) is 11.6.